The third kappa shape index (κ3) is 6.70. The molecule has 0 saturated carbocycles. The highest BCUT2D eigenvalue weighted by Gasteiger charge is 2.35. The molecule has 1 aromatic heterocycles. The molecule has 5 rings (SSSR count). The second-order valence-corrected chi connectivity index (χ2v) is 13.1. The molecule has 1 saturated heterocycles. The number of hydrogen-bond acceptors (Lipinski definition) is 7. The number of aromatic carboxylic acids is 1. The van der Waals surface area contributed by atoms with Gasteiger partial charge in [0, 0.05) is 31.1 Å². The summed E-state index contributed by atoms with van der Waals surface area (Å²) in [4.78, 5) is 33.3. The zero-order valence-corrected chi connectivity index (χ0v) is 25.1. The van der Waals surface area contributed by atoms with Crippen LogP contribution in [0, 0.1) is 6.92 Å². The first kappa shape index (κ1) is 28.6. The number of amides is 1. The zero-order chi connectivity index (χ0) is 28.2. The number of thiazole rings is 1. The Kier molecular flexibility index (Phi) is 9.13. The minimum absolute atomic E-state index is 0.0355. The fourth-order valence-corrected chi connectivity index (χ4v) is 7.38. The van der Waals surface area contributed by atoms with Crippen LogP contribution in [0.25, 0.3) is 0 Å². The van der Waals surface area contributed by atoms with E-state index < -0.39 is 12.0 Å². The van der Waals surface area contributed by atoms with Crippen molar-refractivity contribution in [2.45, 2.75) is 76.3 Å². The first-order valence-electron chi connectivity index (χ1n) is 14.2. The molecule has 1 fully saturated rings. The van der Waals surface area contributed by atoms with Crippen LogP contribution in [0.4, 0.5) is 5.13 Å². The van der Waals surface area contributed by atoms with E-state index in [9.17, 15) is 14.7 Å². The molecule has 2 aliphatic rings. The molecule has 7 nitrogen and oxygen atoms in total. The number of nitrogens with zero attached hydrogens (tertiary/aromatic N) is 3. The predicted octanol–water partition coefficient (Wildman–Crippen LogP) is 6.06. The Balaban J connectivity index is 1.33. The van der Waals surface area contributed by atoms with Gasteiger partial charge in [-0.3, -0.25) is 4.79 Å². The van der Waals surface area contributed by atoms with Crippen molar-refractivity contribution in [3.05, 3.63) is 75.3 Å². The van der Waals surface area contributed by atoms with Gasteiger partial charge in [0.15, 0.2) is 5.13 Å². The largest absolute Gasteiger partial charge is 0.477 e. The Morgan fingerprint density at radius 3 is 2.52 bits per heavy atom. The fourth-order valence-electron chi connectivity index (χ4n) is 5.38. The lowest BCUT2D eigenvalue weighted by Crippen LogP contribution is -2.56. The lowest BCUT2D eigenvalue weighted by Gasteiger charge is -2.39. The highest BCUT2D eigenvalue weighted by atomic mass is 32.2. The summed E-state index contributed by atoms with van der Waals surface area (Å²) in [6, 6.07) is 14.8. The van der Waals surface area contributed by atoms with E-state index in [0.29, 0.717) is 42.9 Å². The summed E-state index contributed by atoms with van der Waals surface area (Å²) in [7, 11) is 0. The molecule has 2 N–H and O–H groups in total. The van der Waals surface area contributed by atoms with E-state index in [1.54, 1.807) is 18.9 Å². The van der Waals surface area contributed by atoms with Crippen LogP contribution in [0.5, 0.6) is 0 Å². The molecule has 0 radical (unpaired) electrons. The van der Waals surface area contributed by atoms with Crippen molar-refractivity contribution in [2.75, 3.05) is 24.5 Å². The third-order valence-corrected chi connectivity index (χ3v) is 10.1. The second kappa shape index (κ2) is 12.7. The van der Waals surface area contributed by atoms with E-state index in [0.717, 1.165) is 23.3 Å². The molecule has 0 bridgehead atoms. The number of carbonyl (C=O) groups excluding carboxylic acids is 1. The molecule has 0 spiro atoms. The van der Waals surface area contributed by atoms with Gasteiger partial charge in [-0.2, -0.15) is 0 Å². The molecule has 1 aliphatic carbocycles. The Hall–Kier alpha value is -2.88. The van der Waals surface area contributed by atoms with E-state index in [1.165, 1.54) is 47.3 Å². The molecule has 0 unspecified atom stereocenters. The second-order valence-electron chi connectivity index (χ2n) is 11.0. The minimum Gasteiger partial charge on any atom is -0.477 e. The summed E-state index contributed by atoms with van der Waals surface area (Å²) in [6.45, 7) is 8.31. The molecular weight excluding hydrogens is 541 g/mol. The molecule has 2 aromatic carbocycles. The number of anilines is 1. The number of carboxylic acid groups (broad SMARTS) is 1. The number of carboxylic acids is 1. The van der Waals surface area contributed by atoms with Gasteiger partial charge in [-0.1, -0.05) is 61.9 Å². The Morgan fingerprint density at radius 1 is 1.07 bits per heavy atom. The summed E-state index contributed by atoms with van der Waals surface area (Å²) in [5, 5.41) is 13.4. The number of nitrogens with one attached hydrogen (secondary N) is 1. The van der Waals surface area contributed by atoms with Crippen LogP contribution in [0.1, 0.15) is 76.6 Å². The molecule has 1 amide bonds. The smallest absolute Gasteiger partial charge is 0.347 e. The van der Waals surface area contributed by atoms with E-state index >= 15 is 0 Å². The van der Waals surface area contributed by atoms with Crippen LogP contribution in [-0.4, -0.2) is 51.9 Å². The normalized spacial score (nSPS) is 17.9. The number of benzene rings is 2. The van der Waals surface area contributed by atoms with Crippen molar-refractivity contribution in [1.82, 2.24) is 14.6 Å². The van der Waals surface area contributed by atoms with E-state index in [4.69, 9.17) is 0 Å². The van der Waals surface area contributed by atoms with Crippen LogP contribution >= 0.6 is 23.3 Å². The average Bonchev–Trinajstić information content (AvgIpc) is 3.19. The highest BCUT2D eigenvalue weighted by Crippen LogP contribution is 2.34. The number of aryl methyl sites for hydroxylation is 3. The number of hydrogen-bond donors (Lipinski definition) is 2. The molecule has 212 valence electrons. The number of rotatable bonds is 8. The summed E-state index contributed by atoms with van der Waals surface area (Å²) < 4.78 is 2.19. The Morgan fingerprint density at radius 2 is 1.82 bits per heavy atom. The number of carbonyl (C=O) groups is 2. The lowest BCUT2D eigenvalue weighted by atomic mass is 10.0. The average molecular weight is 579 g/mol. The van der Waals surface area contributed by atoms with Gasteiger partial charge in [-0.05, 0) is 84.9 Å². The third-order valence-electron chi connectivity index (χ3n) is 7.79. The molecular formula is C31H38N4O3S2. The van der Waals surface area contributed by atoms with Gasteiger partial charge in [0.25, 0.3) is 0 Å². The summed E-state index contributed by atoms with van der Waals surface area (Å²) in [5.41, 5.74) is 5.75. The first-order chi connectivity index (χ1) is 19.3. The van der Waals surface area contributed by atoms with E-state index in [-0.39, 0.29) is 10.8 Å². The number of piperazine rings is 1. The molecule has 1 aliphatic heterocycles. The van der Waals surface area contributed by atoms with Crippen molar-refractivity contribution in [2.24, 2.45) is 0 Å². The number of aromatic nitrogens is 1. The van der Waals surface area contributed by atoms with Crippen LogP contribution in [-0.2, 0) is 24.2 Å². The van der Waals surface area contributed by atoms with Gasteiger partial charge in [0.1, 0.15) is 10.9 Å². The van der Waals surface area contributed by atoms with Crippen LogP contribution in [0.3, 0.4) is 0 Å². The molecule has 1 atom stereocenters. The maximum absolute atomic E-state index is 13.7. The van der Waals surface area contributed by atoms with Gasteiger partial charge in [-0.25, -0.2) is 14.1 Å². The van der Waals surface area contributed by atoms with E-state index in [2.05, 4.69) is 75.8 Å². The fraction of sp³-hybridized carbons (Fsp3) is 0.452. The standard InChI is InChI=1S/C31H38N4O3S2/c1-20(2)23-11-9-22(10-12-23)18-32-29(36)27-19-34(31-33-21(3)28(39-31)30(37)38)15-16-35(27)40-26-14-13-24-7-5-4-6-8-25(24)17-26/h9-14,17,20,27H,4-8,15-16,18-19H2,1-3H3,(H,32,36)(H,37,38)/t27-/m1/s1. The van der Waals surface area contributed by atoms with Crippen molar-refractivity contribution in [1.29, 1.82) is 0 Å². The predicted molar refractivity (Wildman–Crippen MR) is 162 cm³/mol. The first-order valence-corrected chi connectivity index (χ1v) is 15.8. The van der Waals surface area contributed by atoms with Crippen LogP contribution < -0.4 is 10.2 Å². The SMILES string of the molecule is Cc1nc(N2CCN(Sc3ccc4c(c3)CCCCC4)[C@@H](C(=O)NCc3ccc(C(C)C)cc3)C2)sc1C(=O)O. The molecule has 9 heteroatoms. The van der Waals surface area contributed by atoms with Gasteiger partial charge in [0.05, 0.1) is 5.69 Å². The Bertz CT molecular complexity index is 1360. The maximum Gasteiger partial charge on any atom is 0.347 e. The zero-order valence-electron chi connectivity index (χ0n) is 23.5. The van der Waals surface area contributed by atoms with Gasteiger partial charge in [0.2, 0.25) is 5.91 Å². The van der Waals surface area contributed by atoms with Crippen molar-refractivity contribution in [3.8, 4) is 0 Å². The topological polar surface area (TPSA) is 85.8 Å². The summed E-state index contributed by atoms with van der Waals surface area (Å²) >= 11 is 2.84. The van der Waals surface area contributed by atoms with E-state index in [1.807, 2.05) is 0 Å². The van der Waals surface area contributed by atoms with Crippen molar-refractivity contribution >= 4 is 40.3 Å². The molecule has 2 heterocycles. The highest BCUT2D eigenvalue weighted by molar-refractivity contribution is 7.97. The monoisotopic (exact) mass is 578 g/mol. The van der Waals surface area contributed by atoms with Gasteiger partial charge in [-0.15, -0.1) is 0 Å². The maximum atomic E-state index is 13.7. The summed E-state index contributed by atoms with van der Waals surface area (Å²) in [6.07, 6.45) is 6.03. The van der Waals surface area contributed by atoms with Gasteiger partial charge >= 0.3 is 5.97 Å². The molecule has 3 aromatic rings. The van der Waals surface area contributed by atoms with Crippen molar-refractivity contribution < 1.29 is 14.7 Å². The van der Waals surface area contributed by atoms with Gasteiger partial charge < -0.3 is 15.3 Å². The number of fused-ring (bicyclic) bond motifs is 1. The van der Waals surface area contributed by atoms with Crippen LogP contribution in [0.2, 0.25) is 0 Å². The minimum atomic E-state index is -0.962. The van der Waals surface area contributed by atoms with Crippen LogP contribution in [0.15, 0.2) is 47.4 Å². The Labute approximate surface area is 245 Å². The lowest BCUT2D eigenvalue weighted by molar-refractivity contribution is -0.124. The van der Waals surface area contributed by atoms with Crippen molar-refractivity contribution in [3.63, 3.8) is 0 Å². The quantitative estimate of drug-likeness (QED) is 0.248. The summed E-state index contributed by atoms with van der Waals surface area (Å²) in [5.74, 6) is -0.533. The molecule has 40 heavy (non-hydrogen) atoms.